The molecule has 2 heterocycles. The van der Waals surface area contributed by atoms with E-state index in [1.165, 1.54) is 89.3 Å². The lowest BCUT2D eigenvalue weighted by molar-refractivity contribution is -0.138. The molecule has 7 atom stereocenters. The van der Waals surface area contributed by atoms with Crippen LogP contribution in [0.5, 0.6) is 0 Å². The van der Waals surface area contributed by atoms with E-state index in [1.807, 2.05) is 13.8 Å². The predicted octanol–water partition coefficient (Wildman–Crippen LogP) is 5.23. The Bertz CT molecular complexity index is 2330. The van der Waals surface area contributed by atoms with Crippen LogP contribution in [0, 0.1) is 11.8 Å². The van der Waals surface area contributed by atoms with Gasteiger partial charge in [0.25, 0.3) is 0 Å². The number of carbonyl (C=O) groups is 10. The van der Waals surface area contributed by atoms with Crippen molar-refractivity contribution in [3.05, 3.63) is 36.4 Å². The molecule has 0 aliphatic rings. The molecule has 9 amide bonds. The maximum atomic E-state index is 14.6. The molecule has 0 aliphatic carbocycles. The molecule has 0 bridgehead atoms. The number of nitrogens with two attached hydrogens (primary N) is 2. The van der Waals surface area contributed by atoms with E-state index >= 15 is 0 Å². The van der Waals surface area contributed by atoms with Crippen LogP contribution < -0.4 is 54.0 Å². The van der Waals surface area contributed by atoms with E-state index in [0.29, 0.717) is 50.2 Å². The number of hydrogen-bond acceptors (Lipinski definition) is 13. The van der Waals surface area contributed by atoms with Gasteiger partial charge in [-0.2, -0.15) is 0 Å². The number of amides is 9. The highest BCUT2D eigenvalue weighted by Crippen LogP contribution is 2.15. The number of carbonyl (C=O) groups excluding carboxylic acids is 9. The molecular formula is C63H110N14O11. The minimum absolute atomic E-state index is 0.0144. The first-order chi connectivity index (χ1) is 42.2. The number of aromatic nitrogens is 4. The zero-order valence-electron chi connectivity index (χ0n) is 53.7. The number of nitrogens with zero attached hydrogens (tertiary/aromatic N) is 2. The fourth-order valence-corrected chi connectivity index (χ4v) is 10.2. The van der Waals surface area contributed by atoms with Gasteiger partial charge in [0, 0.05) is 62.4 Å². The normalized spacial score (nSPS) is 13.7. The van der Waals surface area contributed by atoms with E-state index in [4.69, 9.17) is 11.5 Å². The van der Waals surface area contributed by atoms with Crippen LogP contribution >= 0.6 is 0 Å². The molecule has 25 nitrogen and oxygen atoms in total. The second-order valence-electron chi connectivity index (χ2n) is 24.1. The van der Waals surface area contributed by atoms with Gasteiger partial charge in [-0.15, -0.1) is 0 Å². The van der Waals surface area contributed by atoms with Crippen molar-refractivity contribution < 1.29 is 53.1 Å². The number of H-pyrrole nitrogens is 2. The molecule has 0 spiro atoms. The Balaban J connectivity index is 2.35. The van der Waals surface area contributed by atoms with Crippen molar-refractivity contribution in [1.82, 2.24) is 62.5 Å². The average Bonchev–Trinajstić information content (AvgIpc) is 3.54. The van der Waals surface area contributed by atoms with Crippen molar-refractivity contribution in [2.45, 2.75) is 276 Å². The van der Waals surface area contributed by atoms with Crippen LogP contribution in [0.1, 0.15) is 233 Å². The summed E-state index contributed by atoms with van der Waals surface area (Å²) < 4.78 is 0. The monoisotopic (exact) mass is 1240 g/mol. The Morgan fingerprint density at radius 2 is 0.886 bits per heavy atom. The smallest absolute Gasteiger partial charge is 0.303 e. The minimum Gasteiger partial charge on any atom is -0.481 e. The van der Waals surface area contributed by atoms with Crippen molar-refractivity contribution in [2.75, 3.05) is 13.1 Å². The Hall–Kier alpha value is -6.92. The number of hydrogen-bond donors (Lipinski definition) is 13. The van der Waals surface area contributed by atoms with Gasteiger partial charge >= 0.3 is 5.97 Å². The number of imidazole rings is 2. The minimum atomic E-state index is -1.49. The number of unbranched alkanes of at least 4 members (excludes halogenated alkanes) is 18. The van der Waals surface area contributed by atoms with Crippen LogP contribution in [0.15, 0.2) is 25.0 Å². The first kappa shape index (κ1) is 77.2. The quantitative estimate of drug-likeness (QED) is 0.0377. The Kier molecular flexibility index (Phi) is 40.5. The van der Waals surface area contributed by atoms with Gasteiger partial charge in [0.2, 0.25) is 53.2 Å². The number of aromatic amines is 2. The van der Waals surface area contributed by atoms with Crippen LogP contribution in [0.4, 0.5) is 0 Å². The lowest BCUT2D eigenvalue weighted by Gasteiger charge is -2.29. The zero-order chi connectivity index (χ0) is 65.1. The summed E-state index contributed by atoms with van der Waals surface area (Å²) in [6, 6.07) is -9.13. The van der Waals surface area contributed by atoms with Crippen molar-refractivity contribution >= 4 is 59.1 Å². The highest BCUT2D eigenvalue weighted by molar-refractivity contribution is 5.98. The summed E-state index contributed by atoms with van der Waals surface area (Å²) in [4.78, 5) is 150. The van der Waals surface area contributed by atoms with Gasteiger partial charge in [0.15, 0.2) is 0 Å². The summed E-state index contributed by atoms with van der Waals surface area (Å²) >= 11 is 0. The summed E-state index contributed by atoms with van der Waals surface area (Å²) in [6.45, 7) is 12.3. The van der Waals surface area contributed by atoms with Gasteiger partial charge < -0.3 is 69.1 Å². The maximum Gasteiger partial charge on any atom is 0.303 e. The molecule has 0 fully saturated rings. The summed E-state index contributed by atoms with van der Waals surface area (Å²) in [5.74, 6) is -8.23. The first-order valence-electron chi connectivity index (χ1n) is 32.7. The molecule has 0 aromatic carbocycles. The fraction of sp³-hybridized carbons (Fsp3) is 0.746. The zero-order valence-corrected chi connectivity index (χ0v) is 53.7. The highest BCUT2D eigenvalue weighted by atomic mass is 16.4. The number of aliphatic carboxylic acids is 1. The summed E-state index contributed by atoms with van der Waals surface area (Å²) in [5, 5.41) is 31.5. The number of nitrogens with one attached hydrogen (secondary N) is 10. The molecule has 15 N–H and O–H groups in total. The molecule has 2 aromatic rings. The average molecular weight is 1240 g/mol. The number of carboxylic acids is 1. The van der Waals surface area contributed by atoms with Crippen LogP contribution in [-0.4, -0.2) is 140 Å². The van der Waals surface area contributed by atoms with Crippen molar-refractivity contribution in [2.24, 2.45) is 23.3 Å². The molecular weight excluding hydrogens is 1130 g/mol. The third-order valence-corrected chi connectivity index (χ3v) is 15.3. The van der Waals surface area contributed by atoms with Gasteiger partial charge in [0.05, 0.1) is 12.7 Å². The van der Waals surface area contributed by atoms with E-state index < -0.39 is 108 Å². The number of primary amides is 1. The lowest BCUT2D eigenvalue weighted by Crippen LogP contribution is -2.61. The number of carboxylic acid groups (broad SMARTS) is 1. The fourth-order valence-electron chi connectivity index (χ4n) is 10.2. The predicted molar refractivity (Wildman–Crippen MR) is 337 cm³/mol. The molecule has 2 aromatic heterocycles. The molecule has 0 saturated heterocycles. The molecule has 498 valence electrons. The van der Waals surface area contributed by atoms with Crippen molar-refractivity contribution in [3.8, 4) is 0 Å². The van der Waals surface area contributed by atoms with E-state index in [9.17, 15) is 53.1 Å². The largest absolute Gasteiger partial charge is 0.481 e. The summed E-state index contributed by atoms with van der Waals surface area (Å²) in [7, 11) is 0. The van der Waals surface area contributed by atoms with Crippen LogP contribution in [0.3, 0.4) is 0 Å². The molecule has 0 radical (unpaired) electrons. The highest BCUT2D eigenvalue weighted by Gasteiger charge is 2.36. The van der Waals surface area contributed by atoms with Crippen LogP contribution in [0.2, 0.25) is 0 Å². The topological polar surface area (TPSA) is 397 Å². The van der Waals surface area contributed by atoms with Crippen LogP contribution in [0.25, 0.3) is 0 Å². The molecule has 0 unspecified atom stereocenters. The Morgan fingerprint density at radius 3 is 1.34 bits per heavy atom. The second-order valence-corrected chi connectivity index (χ2v) is 24.1. The van der Waals surface area contributed by atoms with E-state index in [2.05, 4.69) is 76.3 Å². The van der Waals surface area contributed by atoms with E-state index in [1.54, 1.807) is 13.8 Å². The van der Waals surface area contributed by atoms with Crippen LogP contribution in [-0.2, 0) is 60.8 Å². The van der Waals surface area contributed by atoms with Gasteiger partial charge in [-0.3, -0.25) is 47.9 Å². The van der Waals surface area contributed by atoms with Gasteiger partial charge in [0.1, 0.15) is 42.3 Å². The van der Waals surface area contributed by atoms with Gasteiger partial charge in [-0.25, -0.2) is 9.97 Å². The van der Waals surface area contributed by atoms with Crippen molar-refractivity contribution in [1.29, 1.82) is 0 Å². The molecule has 25 heteroatoms. The van der Waals surface area contributed by atoms with Crippen molar-refractivity contribution in [3.63, 3.8) is 0 Å². The summed E-state index contributed by atoms with van der Waals surface area (Å²) in [6.07, 6.45) is 26.0. The van der Waals surface area contributed by atoms with Gasteiger partial charge in [-0.05, 0) is 69.7 Å². The third kappa shape index (κ3) is 34.6. The molecule has 0 aliphatic heterocycles. The lowest BCUT2D eigenvalue weighted by atomic mass is 10.0. The Labute approximate surface area is 522 Å². The third-order valence-electron chi connectivity index (χ3n) is 15.3. The van der Waals surface area contributed by atoms with E-state index in [-0.39, 0.29) is 56.8 Å². The molecule has 0 saturated carbocycles. The standard InChI is InChI=1S/C63H110N14O11/c1-7-9-11-13-15-17-19-21-23-27-35-68-57(82)50(36-43(3)4)74-58(83)47(28-25-26-34-64)72-59(84)49(30-32-53(65)78)73-61(86)51(37-45-39-66-41-69-45)75-62(87)52(38-46-40-67-42-70-46)76-63(88)56(44(5)6)77-60(85)48(31-33-55(80)81)71-54(79)29-24-22-20-18-16-14-12-10-8-2/h39-44,47-52,56H,7-38,64H2,1-6H3,(H2,65,78)(H,66,69)(H,67,70)(H,68,82)(H,71,79)(H,72,84)(H,73,86)(H,74,83)(H,75,87)(H,76,88)(H,77,85)(H,80,81)/t47-,48-,49-,50-,51-,52-,56-/m0/s1. The number of rotatable bonds is 52. The first-order valence-corrected chi connectivity index (χ1v) is 32.7. The molecule has 2 rings (SSSR count). The molecule has 88 heavy (non-hydrogen) atoms. The summed E-state index contributed by atoms with van der Waals surface area (Å²) in [5.41, 5.74) is 12.2. The SMILES string of the molecule is CCCCCCCCCCCCNC(=O)[C@H](CC(C)C)NC(=O)[C@H](CCCCN)NC(=O)[C@H](CCC(N)=O)NC(=O)[C@H](Cc1cnc[nH]1)NC(=O)[C@H](Cc1cnc[nH]1)NC(=O)[C@@H](NC(=O)[C@H](CCC(=O)O)NC(=O)CCCCCCCCCCC)C(C)C. The van der Waals surface area contributed by atoms with Gasteiger partial charge in [-0.1, -0.05) is 151 Å². The second kappa shape index (κ2) is 46.2. The maximum absolute atomic E-state index is 14.6. The Morgan fingerprint density at radius 1 is 0.466 bits per heavy atom. The van der Waals surface area contributed by atoms with E-state index in [0.717, 1.165) is 51.4 Å².